The van der Waals surface area contributed by atoms with Gasteiger partial charge in [-0.05, 0) is 49.4 Å². The van der Waals surface area contributed by atoms with Gasteiger partial charge in [-0.3, -0.25) is 4.98 Å². The lowest BCUT2D eigenvalue weighted by Gasteiger charge is -2.27. The zero-order valence-electron chi connectivity index (χ0n) is 10.2. The number of hydrogen-bond acceptors (Lipinski definition) is 2. The van der Waals surface area contributed by atoms with Crippen LogP contribution in [0, 0.1) is 5.92 Å². The number of aromatic nitrogens is 1. The summed E-state index contributed by atoms with van der Waals surface area (Å²) in [5, 5.41) is 3.68. The standard InChI is InChI=1S/C14H22N2/c1-12-3-2-4-14(11-12)16-10-7-13-5-8-15-9-6-13/h5-6,8-9,12,14,16H,2-4,7,10-11H2,1H3. The normalized spacial score (nSPS) is 25.6. The minimum Gasteiger partial charge on any atom is -0.314 e. The van der Waals surface area contributed by atoms with Crippen LogP contribution in [-0.4, -0.2) is 17.6 Å². The number of hydrogen-bond donors (Lipinski definition) is 1. The van der Waals surface area contributed by atoms with Gasteiger partial charge in [-0.1, -0.05) is 19.8 Å². The highest BCUT2D eigenvalue weighted by molar-refractivity contribution is 5.09. The molecule has 1 aliphatic rings. The van der Waals surface area contributed by atoms with Crippen molar-refractivity contribution in [1.82, 2.24) is 10.3 Å². The predicted octanol–water partition coefficient (Wildman–Crippen LogP) is 2.79. The number of rotatable bonds is 4. The van der Waals surface area contributed by atoms with Gasteiger partial charge >= 0.3 is 0 Å². The molecule has 1 fully saturated rings. The third-order valence-electron chi connectivity index (χ3n) is 3.53. The predicted molar refractivity (Wildman–Crippen MR) is 67.4 cm³/mol. The van der Waals surface area contributed by atoms with Crippen LogP contribution in [0.4, 0.5) is 0 Å². The third kappa shape index (κ3) is 3.60. The quantitative estimate of drug-likeness (QED) is 0.840. The molecule has 1 aromatic heterocycles. The topological polar surface area (TPSA) is 24.9 Å². The Balaban J connectivity index is 1.68. The Kier molecular flexibility index (Phi) is 4.34. The van der Waals surface area contributed by atoms with E-state index in [0.29, 0.717) is 0 Å². The van der Waals surface area contributed by atoms with Crippen LogP contribution in [0.2, 0.25) is 0 Å². The largest absolute Gasteiger partial charge is 0.314 e. The van der Waals surface area contributed by atoms with Gasteiger partial charge in [0, 0.05) is 18.4 Å². The van der Waals surface area contributed by atoms with Gasteiger partial charge in [0.15, 0.2) is 0 Å². The van der Waals surface area contributed by atoms with Gasteiger partial charge in [-0.2, -0.15) is 0 Å². The number of nitrogens with one attached hydrogen (secondary N) is 1. The molecule has 2 rings (SSSR count). The molecule has 1 saturated carbocycles. The van der Waals surface area contributed by atoms with Gasteiger partial charge in [0.05, 0.1) is 0 Å². The van der Waals surface area contributed by atoms with Gasteiger partial charge in [-0.25, -0.2) is 0 Å². The van der Waals surface area contributed by atoms with E-state index in [1.807, 2.05) is 12.4 Å². The lowest BCUT2D eigenvalue weighted by Crippen LogP contribution is -2.34. The first-order valence-electron chi connectivity index (χ1n) is 6.47. The molecule has 0 aromatic carbocycles. The minimum absolute atomic E-state index is 0.755. The molecule has 16 heavy (non-hydrogen) atoms. The first-order valence-corrected chi connectivity index (χ1v) is 6.47. The van der Waals surface area contributed by atoms with Gasteiger partial charge in [0.25, 0.3) is 0 Å². The molecule has 1 aromatic rings. The number of pyridine rings is 1. The Labute approximate surface area is 98.5 Å². The summed E-state index contributed by atoms with van der Waals surface area (Å²) in [4.78, 5) is 4.03. The van der Waals surface area contributed by atoms with Crippen molar-refractivity contribution in [2.45, 2.75) is 45.1 Å². The van der Waals surface area contributed by atoms with E-state index in [9.17, 15) is 0 Å². The molecular weight excluding hydrogens is 196 g/mol. The van der Waals surface area contributed by atoms with E-state index in [-0.39, 0.29) is 0 Å². The Hall–Kier alpha value is -0.890. The second-order valence-electron chi connectivity index (χ2n) is 5.03. The van der Waals surface area contributed by atoms with Gasteiger partial charge in [-0.15, -0.1) is 0 Å². The van der Waals surface area contributed by atoms with E-state index in [2.05, 4.69) is 29.4 Å². The molecule has 0 saturated heterocycles. The van der Waals surface area contributed by atoms with Gasteiger partial charge in [0.1, 0.15) is 0 Å². The molecule has 0 radical (unpaired) electrons. The van der Waals surface area contributed by atoms with E-state index in [1.54, 1.807) is 0 Å². The smallest absolute Gasteiger partial charge is 0.0270 e. The van der Waals surface area contributed by atoms with Crippen LogP contribution in [0.1, 0.15) is 38.2 Å². The first-order chi connectivity index (χ1) is 7.84. The molecule has 2 unspecified atom stereocenters. The van der Waals surface area contributed by atoms with Crippen LogP contribution in [0.5, 0.6) is 0 Å². The summed E-state index contributed by atoms with van der Waals surface area (Å²) in [5.41, 5.74) is 1.38. The SMILES string of the molecule is CC1CCCC(NCCc2ccncc2)C1. The van der Waals surface area contributed by atoms with Crippen molar-refractivity contribution in [2.24, 2.45) is 5.92 Å². The van der Waals surface area contributed by atoms with E-state index in [4.69, 9.17) is 0 Å². The van der Waals surface area contributed by atoms with Crippen molar-refractivity contribution in [3.05, 3.63) is 30.1 Å². The number of nitrogens with zero attached hydrogens (tertiary/aromatic N) is 1. The maximum Gasteiger partial charge on any atom is 0.0270 e. The maximum absolute atomic E-state index is 4.03. The van der Waals surface area contributed by atoms with Crippen molar-refractivity contribution in [3.63, 3.8) is 0 Å². The minimum atomic E-state index is 0.755. The Bertz CT molecular complexity index is 297. The van der Waals surface area contributed by atoms with Crippen LogP contribution in [-0.2, 0) is 6.42 Å². The summed E-state index contributed by atoms with van der Waals surface area (Å²) in [6, 6.07) is 4.96. The maximum atomic E-state index is 4.03. The van der Waals surface area contributed by atoms with Crippen molar-refractivity contribution < 1.29 is 0 Å². The van der Waals surface area contributed by atoms with E-state index < -0.39 is 0 Å². The summed E-state index contributed by atoms with van der Waals surface area (Å²) < 4.78 is 0. The Morgan fingerprint density at radius 3 is 2.88 bits per heavy atom. The monoisotopic (exact) mass is 218 g/mol. The zero-order chi connectivity index (χ0) is 11.2. The van der Waals surface area contributed by atoms with Crippen LogP contribution in [0.3, 0.4) is 0 Å². The van der Waals surface area contributed by atoms with Crippen LogP contribution < -0.4 is 5.32 Å². The molecule has 1 heterocycles. The lowest BCUT2D eigenvalue weighted by molar-refractivity contribution is 0.303. The fourth-order valence-corrected chi connectivity index (χ4v) is 2.59. The molecular formula is C14H22N2. The highest BCUT2D eigenvalue weighted by atomic mass is 14.9. The van der Waals surface area contributed by atoms with E-state index >= 15 is 0 Å². The second kappa shape index (κ2) is 6.00. The highest BCUT2D eigenvalue weighted by Gasteiger charge is 2.17. The lowest BCUT2D eigenvalue weighted by atomic mass is 9.87. The van der Waals surface area contributed by atoms with Gasteiger partial charge < -0.3 is 5.32 Å². The van der Waals surface area contributed by atoms with Gasteiger partial charge in [0.2, 0.25) is 0 Å². The average molecular weight is 218 g/mol. The summed E-state index contributed by atoms with van der Waals surface area (Å²) in [5.74, 6) is 0.909. The Morgan fingerprint density at radius 1 is 1.31 bits per heavy atom. The van der Waals surface area contributed by atoms with Crippen molar-refractivity contribution in [3.8, 4) is 0 Å². The zero-order valence-corrected chi connectivity index (χ0v) is 10.2. The molecule has 0 aliphatic heterocycles. The molecule has 0 bridgehead atoms. The molecule has 1 N–H and O–H groups in total. The summed E-state index contributed by atoms with van der Waals surface area (Å²) in [6.07, 6.45) is 10.4. The van der Waals surface area contributed by atoms with Crippen LogP contribution in [0.15, 0.2) is 24.5 Å². The van der Waals surface area contributed by atoms with Crippen LogP contribution in [0.25, 0.3) is 0 Å². The summed E-state index contributed by atoms with van der Waals surface area (Å²) in [6.45, 7) is 3.47. The first kappa shape index (κ1) is 11.6. The Morgan fingerprint density at radius 2 is 2.12 bits per heavy atom. The second-order valence-corrected chi connectivity index (χ2v) is 5.03. The average Bonchev–Trinajstić information content (AvgIpc) is 2.30. The molecule has 0 amide bonds. The molecule has 0 spiro atoms. The van der Waals surface area contributed by atoms with E-state index in [1.165, 1.54) is 31.2 Å². The fraction of sp³-hybridized carbons (Fsp3) is 0.643. The molecule has 2 nitrogen and oxygen atoms in total. The van der Waals surface area contributed by atoms with Crippen molar-refractivity contribution in [2.75, 3.05) is 6.54 Å². The molecule has 2 heteroatoms. The van der Waals surface area contributed by atoms with Crippen molar-refractivity contribution in [1.29, 1.82) is 0 Å². The highest BCUT2D eigenvalue weighted by Crippen LogP contribution is 2.23. The molecule has 88 valence electrons. The van der Waals surface area contributed by atoms with E-state index in [0.717, 1.165) is 24.9 Å². The van der Waals surface area contributed by atoms with Crippen LogP contribution >= 0.6 is 0 Å². The third-order valence-corrected chi connectivity index (χ3v) is 3.53. The molecule has 2 atom stereocenters. The fourth-order valence-electron chi connectivity index (χ4n) is 2.59. The van der Waals surface area contributed by atoms with Crippen molar-refractivity contribution >= 4 is 0 Å². The summed E-state index contributed by atoms with van der Waals surface area (Å²) >= 11 is 0. The molecule has 1 aliphatic carbocycles. The summed E-state index contributed by atoms with van der Waals surface area (Å²) in [7, 11) is 0.